The number of amides is 1. The van der Waals surface area contributed by atoms with E-state index >= 15 is 0 Å². The van der Waals surface area contributed by atoms with Crippen molar-refractivity contribution in [2.75, 3.05) is 11.9 Å². The molecular formula is C21H27NO2. The van der Waals surface area contributed by atoms with Gasteiger partial charge in [0.2, 0.25) is 0 Å². The van der Waals surface area contributed by atoms with Crippen molar-refractivity contribution in [1.82, 2.24) is 0 Å². The number of anilines is 1. The smallest absolute Gasteiger partial charge is 0.262 e. The van der Waals surface area contributed by atoms with Gasteiger partial charge in [-0.3, -0.25) is 4.79 Å². The van der Waals surface area contributed by atoms with E-state index in [1.54, 1.807) is 0 Å². The molecule has 2 rings (SSSR count). The lowest BCUT2D eigenvalue weighted by Crippen LogP contribution is -2.22. The number of aryl methyl sites for hydroxylation is 3. The van der Waals surface area contributed by atoms with Gasteiger partial charge in [-0.15, -0.1) is 0 Å². The van der Waals surface area contributed by atoms with Gasteiger partial charge in [0.15, 0.2) is 6.61 Å². The van der Waals surface area contributed by atoms with Gasteiger partial charge in [-0.05, 0) is 60.6 Å². The fourth-order valence-electron chi connectivity index (χ4n) is 2.57. The van der Waals surface area contributed by atoms with Crippen molar-refractivity contribution >= 4 is 11.6 Å². The van der Waals surface area contributed by atoms with Crippen LogP contribution in [-0.2, 0) is 10.2 Å². The fourth-order valence-corrected chi connectivity index (χ4v) is 2.57. The lowest BCUT2D eigenvalue weighted by Gasteiger charge is -2.23. The maximum atomic E-state index is 12.3. The highest BCUT2D eigenvalue weighted by molar-refractivity contribution is 5.92. The molecule has 0 aliphatic heterocycles. The second-order valence-corrected chi connectivity index (χ2v) is 7.40. The third kappa shape index (κ3) is 4.60. The second kappa shape index (κ2) is 7.08. The van der Waals surface area contributed by atoms with Crippen LogP contribution in [0.5, 0.6) is 5.75 Å². The monoisotopic (exact) mass is 325 g/mol. The Balaban J connectivity index is 2.09. The summed E-state index contributed by atoms with van der Waals surface area (Å²) in [6.45, 7) is 12.4. The molecule has 0 aliphatic rings. The fraction of sp³-hybridized carbons (Fsp3) is 0.381. The molecule has 0 saturated carbocycles. The Kier molecular flexibility index (Phi) is 5.33. The first-order valence-electron chi connectivity index (χ1n) is 8.28. The van der Waals surface area contributed by atoms with Crippen LogP contribution in [0.25, 0.3) is 0 Å². The molecular weight excluding hydrogens is 298 g/mol. The van der Waals surface area contributed by atoms with Crippen LogP contribution >= 0.6 is 0 Å². The van der Waals surface area contributed by atoms with E-state index in [0.29, 0.717) is 0 Å². The predicted octanol–water partition coefficient (Wildman–Crippen LogP) is 4.93. The van der Waals surface area contributed by atoms with Gasteiger partial charge in [-0.1, -0.05) is 45.0 Å². The molecule has 0 atom stereocenters. The molecule has 0 saturated heterocycles. The minimum atomic E-state index is -0.148. The number of ether oxygens (including phenoxy) is 1. The molecule has 0 aliphatic carbocycles. The van der Waals surface area contributed by atoms with E-state index in [0.717, 1.165) is 33.7 Å². The van der Waals surface area contributed by atoms with Gasteiger partial charge in [0, 0.05) is 5.69 Å². The zero-order valence-corrected chi connectivity index (χ0v) is 15.5. The summed E-state index contributed by atoms with van der Waals surface area (Å²) >= 11 is 0. The number of nitrogens with one attached hydrogen (secondary N) is 1. The number of carbonyl (C=O) groups excluding carboxylic acids is 1. The van der Waals surface area contributed by atoms with E-state index in [1.165, 1.54) is 0 Å². The van der Waals surface area contributed by atoms with Crippen LogP contribution in [0.1, 0.15) is 43.0 Å². The normalized spacial score (nSPS) is 11.2. The van der Waals surface area contributed by atoms with Gasteiger partial charge in [0.1, 0.15) is 5.75 Å². The minimum absolute atomic E-state index is 0.0000841. The molecule has 1 N–H and O–H groups in total. The molecule has 0 aromatic heterocycles. The molecule has 3 nitrogen and oxygen atoms in total. The van der Waals surface area contributed by atoms with Crippen LogP contribution in [0, 0.1) is 20.8 Å². The van der Waals surface area contributed by atoms with Crippen LogP contribution in [0.4, 0.5) is 5.69 Å². The lowest BCUT2D eigenvalue weighted by atomic mass is 9.86. The Morgan fingerprint density at radius 2 is 1.62 bits per heavy atom. The van der Waals surface area contributed by atoms with Crippen molar-refractivity contribution in [3.05, 3.63) is 58.7 Å². The average Bonchev–Trinajstić information content (AvgIpc) is 2.47. The second-order valence-electron chi connectivity index (χ2n) is 7.40. The summed E-state index contributed by atoms with van der Waals surface area (Å²) in [5.74, 6) is 0.628. The Morgan fingerprint density at radius 3 is 2.29 bits per heavy atom. The molecule has 0 bridgehead atoms. The summed E-state index contributed by atoms with van der Waals surface area (Å²) < 4.78 is 5.84. The van der Waals surface area contributed by atoms with E-state index in [2.05, 4.69) is 38.2 Å². The van der Waals surface area contributed by atoms with Gasteiger partial charge in [-0.2, -0.15) is 0 Å². The van der Waals surface area contributed by atoms with Crippen molar-refractivity contribution in [2.45, 2.75) is 47.0 Å². The van der Waals surface area contributed by atoms with Gasteiger partial charge in [0.25, 0.3) is 5.91 Å². The highest BCUT2D eigenvalue weighted by Crippen LogP contribution is 2.32. The molecule has 2 aromatic carbocycles. The van der Waals surface area contributed by atoms with Gasteiger partial charge in [-0.25, -0.2) is 0 Å². The summed E-state index contributed by atoms with van der Waals surface area (Å²) in [6.07, 6.45) is 0. The molecule has 0 heterocycles. The summed E-state index contributed by atoms with van der Waals surface area (Å²) in [5, 5.41) is 2.93. The first-order chi connectivity index (χ1) is 11.2. The van der Waals surface area contributed by atoms with Gasteiger partial charge < -0.3 is 10.1 Å². The Hall–Kier alpha value is -2.29. The largest absolute Gasteiger partial charge is 0.483 e. The molecule has 2 aromatic rings. The van der Waals surface area contributed by atoms with E-state index in [4.69, 9.17) is 4.74 Å². The standard InChI is InChI=1S/C21H27NO2/c1-14-7-9-16(3)18(11-14)22-20(23)13-24-19-12-15(2)8-10-17(19)21(4,5)6/h7-12H,13H2,1-6H3,(H,22,23). The minimum Gasteiger partial charge on any atom is -0.483 e. The molecule has 0 unspecified atom stereocenters. The third-order valence-corrected chi connectivity index (χ3v) is 3.97. The molecule has 0 fully saturated rings. The van der Waals surface area contributed by atoms with Gasteiger partial charge >= 0.3 is 0 Å². The van der Waals surface area contributed by atoms with Gasteiger partial charge in [0.05, 0.1) is 0 Å². The van der Waals surface area contributed by atoms with E-state index in [9.17, 15) is 4.79 Å². The molecule has 1 amide bonds. The lowest BCUT2D eigenvalue weighted by molar-refractivity contribution is -0.118. The maximum Gasteiger partial charge on any atom is 0.262 e. The molecule has 0 spiro atoms. The van der Waals surface area contributed by atoms with E-state index in [-0.39, 0.29) is 17.9 Å². The zero-order valence-electron chi connectivity index (χ0n) is 15.5. The van der Waals surface area contributed by atoms with Crippen molar-refractivity contribution in [2.24, 2.45) is 0 Å². The van der Waals surface area contributed by atoms with Crippen LogP contribution in [0.15, 0.2) is 36.4 Å². The molecule has 3 heteroatoms. The number of carbonyl (C=O) groups is 1. The topological polar surface area (TPSA) is 38.3 Å². The average molecular weight is 325 g/mol. The highest BCUT2D eigenvalue weighted by atomic mass is 16.5. The number of hydrogen-bond acceptors (Lipinski definition) is 2. The van der Waals surface area contributed by atoms with E-state index in [1.807, 2.05) is 45.0 Å². The third-order valence-electron chi connectivity index (χ3n) is 3.97. The summed E-state index contributed by atoms with van der Waals surface area (Å²) in [5.41, 5.74) is 5.18. The summed E-state index contributed by atoms with van der Waals surface area (Å²) in [7, 11) is 0. The SMILES string of the molecule is Cc1ccc(C)c(NC(=O)COc2cc(C)ccc2C(C)(C)C)c1. The number of hydrogen-bond donors (Lipinski definition) is 1. The predicted molar refractivity (Wildman–Crippen MR) is 99.9 cm³/mol. The highest BCUT2D eigenvalue weighted by Gasteiger charge is 2.19. The van der Waals surface area contributed by atoms with Crippen LogP contribution in [0.3, 0.4) is 0 Å². The van der Waals surface area contributed by atoms with Crippen LogP contribution < -0.4 is 10.1 Å². The summed E-state index contributed by atoms with van der Waals surface area (Å²) in [6, 6.07) is 12.1. The van der Waals surface area contributed by atoms with Crippen molar-refractivity contribution < 1.29 is 9.53 Å². The Labute approximate surface area is 145 Å². The van der Waals surface area contributed by atoms with E-state index < -0.39 is 0 Å². The molecule has 0 radical (unpaired) electrons. The van der Waals surface area contributed by atoms with Crippen LogP contribution in [-0.4, -0.2) is 12.5 Å². The number of benzene rings is 2. The van der Waals surface area contributed by atoms with Crippen molar-refractivity contribution in [1.29, 1.82) is 0 Å². The Bertz CT molecular complexity index is 742. The Morgan fingerprint density at radius 1 is 1.00 bits per heavy atom. The first-order valence-corrected chi connectivity index (χ1v) is 8.28. The van der Waals surface area contributed by atoms with Crippen LogP contribution in [0.2, 0.25) is 0 Å². The van der Waals surface area contributed by atoms with Crippen molar-refractivity contribution in [3.8, 4) is 5.75 Å². The van der Waals surface area contributed by atoms with Crippen molar-refractivity contribution in [3.63, 3.8) is 0 Å². The number of rotatable bonds is 4. The molecule has 128 valence electrons. The summed E-state index contributed by atoms with van der Waals surface area (Å²) in [4.78, 5) is 12.3. The first kappa shape index (κ1) is 18.1. The maximum absolute atomic E-state index is 12.3. The zero-order chi connectivity index (χ0) is 17.9. The molecule has 24 heavy (non-hydrogen) atoms. The quantitative estimate of drug-likeness (QED) is 0.866.